The number of hydrogen-bond acceptors (Lipinski definition) is 1. The fraction of sp³-hybridized carbons (Fsp3) is 0.625. The van der Waals surface area contributed by atoms with E-state index in [0.717, 1.165) is 18.2 Å². The number of aliphatic carboxylic acids is 1. The zero-order valence-electron chi connectivity index (χ0n) is 7.05. The van der Waals surface area contributed by atoms with Crippen LogP contribution in [0.15, 0.2) is 11.6 Å². The van der Waals surface area contributed by atoms with E-state index in [4.69, 9.17) is 5.11 Å². The van der Waals surface area contributed by atoms with Gasteiger partial charge < -0.3 is 5.11 Å². The van der Waals surface area contributed by atoms with Gasteiger partial charge in [0.15, 0.2) is 0 Å². The lowest BCUT2D eigenvalue weighted by atomic mass is 10.2. The molecule has 72 valence electrons. The molecule has 2 nitrogen and oxygen atoms in total. The Labute approximate surface area is 91.9 Å². The molecule has 4 heteroatoms. The Morgan fingerprint density at radius 3 is 2.58 bits per heavy atom. The van der Waals surface area contributed by atoms with Gasteiger partial charge in [-0.05, 0) is 19.8 Å². The zero-order chi connectivity index (χ0) is 8.69. The van der Waals surface area contributed by atoms with Crippen LogP contribution in [-0.4, -0.2) is 16.4 Å². The number of carbonyl (C=O) groups is 1. The number of carboxylic acid groups (broad SMARTS) is 1. The van der Waals surface area contributed by atoms with Gasteiger partial charge in [0, 0.05) is 11.8 Å². The molecule has 12 heavy (non-hydrogen) atoms. The number of carboxylic acids is 1. The van der Waals surface area contributed by atoms with Crippen molar-refractivity contribution in [3.8, 4) is 0 Å². The van der Waals surface area contributed by atoms with Gasteiger partial charge in [-0.1, -0.05) is 27.6 Å². The molecule has 0 rings (SSSR count). The van der Waals surface area contributed by atoms with E-state index in [0.29, 0.717) is 0 Å². The third-order valence-electron chi connectivity index (χ3n) is 1.30. The predicted octanol–water partition coefficient (Wildman–Crippen LogP) is 3.16. The Hall–Kier alpha value is 0.170. The molecule has 0 heterocycles. The maximum atomic E-state index is 10.1. The van der Waals surface area contributed by atoms with Crippen molar-refractivity contribution >= 4 is 38.9 Å². The summed E-state index contributed by atoms with van der Waals surface area (Å²) in [6, 6.07) is 0. The molecule has 0 saturated carbocycles. The quantitative estimate of drug-likeness (QED) is 0.481. The zero-order valence-corrected chi connectivity index (χ0v) is 10.3. The van der Waals surface area contributed by atoms with Crippen molar-refractivity contribution in [2.24, 2.45) is 0 Å². The average Bonchev–Trinajstić information content (AvgIpc) is 1.97. The molecule has 0 unspecified atom stereocenters. The van der Waals surface area contributed by atoms with E-state index in [1.807, 2.05) is 6.92 Å². The Bertz CT molecular complexity index is 155. The third kappa shape index (κ3) is 10.2. The average molecular weight is 302 g/mol. The van der Waals surface area contributed by atoms with Crippen LogP contribution < -0.4 is 0 Å². The monoisotopic (exact) mass is 300 g/mol. The molecule has 0 aliphatic carbocycles. The smallest absolute Gasteiger partial charge is 0.303 e. The molecule has 0 aromatic carbocycles. The second-order valence-corrected chi connectivity index (χ2v) is 3.03. The summed E-state index contributed by atoms with van der Waals surface area (Å²) in [4.78, 5) is 10.1. The molecule has 0 bridgehead atoms. The van der Waals surface area contributed by atoms with Crippen molar-refractivity contribution in [3.05, 3.63) is 11.6 Å². The minimum absolute atomic E-state index is 0. The van der Waals surface area contributed by atoms with Gasteiger partial charge in [0.05, 0.1) is 0 Å². The first-order valence-electron chi connectivity index (χ1n) is 3.60. The fourth-order valence-corrected chi connectivity index (χ4v) is 0.885. The Morgan fingerprint density at radius 2 is 2.17 bits per heavy atom. The molecular formula is C8H14Br2O2. The van der Waals surface area contributed by atoms with Crippen molar-refractivity contribution < 1.29 is 9.90 Å². The van der Waals surface area contributed by atoms with Gasteiger partial charge in [0.2, 0.25) is 0 Å². The highest BCUT2D eigenvalue weighted by Gasteiger charge is 1.93. The summed E-state index contributed by atoms with van der Waals surface area (Å²) in [6.07, 6.45) is 3.94. The maximum Gasteiger partial charge on any atom is 0.303 e. The summed E-state index contributed by atoms with van der Waals surface area (Å²) >= 11 is 3.31. The van der Waals surface area contributed by atoms with Crippen LogP contribution in [0.5, 0.6) is 0 Å². The summed E-state index contributed by atoms with van der Waals surface area (Å²) in [6.45, 7) is 2.02. The van der Waals surface area contributed by atoms with Crippen LogP contribution in [0.4, 0.5) is 0 Å². The number of rotatable bonds is 5. The van der Waals surface area contributed by atoms with Gasteiger partial charge in [-0.25, -0.2) is 0 Å². The molecule has 0 aromatic heterocycles. The van der Waals surface area contributed by atoms with Gasteiger partial charge >= 0.3 is 5.97 Å². The van der Waals surface area contributed by atoms with E-state index >= 15 is 0 Å². The number of hydrogen-bond donors (Lipinski definition) is 1. The van der Waals surface area contributed by atoms with Crippen molar-refractivity contribution in [1.82, 2.24) is 0 Å². The summed E-state index contributed by atoms with van der Waals surface area (Å²) in [5.41, 5.74) is 1.26. The van der Waals surface area contributed by atoms with Crippen LogP contribution in [0, 0.1) is 0 Å². The van der Waals surface area contributed by atoms with E-state index < -0.39 is 5.97 Å². The summed E-state index contributed by atoms with van der Waals surface area (Å²) in [7, 11) is 0. The van der Waals surface area contributed by atoms with Crippen molar-refractivity contribution in [2.45, 2.75) is 26.2 Å². The van der Waals surface area contributed by atoms with Gasteiger partial charge in [-0.15, -0.1) is 17.0 Å². The van der Waals surface area contributed by atoms with Gasteiger partial charge in [-0.2, -0.15) is 0 Å². The standard InChI is InChI=1S/C8H13BrO2.BrH/c1-7(6-9)4-2-3-5-8(10)11;/h4H,2-3,5-6H2,1H3,(H,10,11);1H. The largest absolute Gasteiger partial charge is 0.481 e. The number of allylic oxidation sites excluding steroid dienone is 2. The van der Waals surface area contributed by atoms with E-state index in [1.54, 1.807) is 0 Å². The van der Waals surface area contributed by atoms with Crippen LogP contribution in [0.2, 0.25) is 0 Å². The van der Waals surface area contributed by atoms with Crippen LogP contribution >= 0.6 is 32.9 Å². The van der Waals surface area contributed by atoms with E-state index in [9.17, 15) is 4.79 Å². The maximum absolute atomic E-state index is 10.1. The second kappa shape index (κ2) is 9.26. The summed E-state index contributed by atoms with van der Waals surface area (Å²) in [5, 5.41) is 9.18. The number of alkyl halides is 1. The van der Waals surface area contributed by atoms with Crippen molar-refractivity contribution in [2.75, 3.05) is 5.33 Å². The van der Waals surface area contributed by atoms with Crippen LogP contribution in [0.25, 0.3) is 0 Å². The molecular weight excluding hydrogens is 288 g/mol. The Balaban J connectivity index is 0. The van der Waals surface area contributed by atoms with Crippen molar-refractivity contribution in [1.29, 1.82) is 0 Å². The Kier molecular flexibility index (Phi) is 11.3. The Morgan fingerprint density at radius 1 is 1.58 bits per heavy atom. The van der Waals surface area contributed by atoms with Crippen molar-refractivity contribution in [3.63, 3.8) is 0 Å². The lowest BCUT2D eigenvalue weighted by molar-refractivity contribution is -0.137. The number of unbranched alkanes of at least 4 members (excludes halogenated alkanes) is 1. The highest BCUT2D eigenvalue weighted by molar-refractivity contribution is 9.09. The highest BCUT2D eigenvalue weighted by atomic mass is 79.9. The highest BCUT2D eigenvalue weighted by Crippen LogP contribution is 2.03. The number of halogens is 2. The van der Waals surface area contributed by atoms with Crippen LogP contribution in [0.1, 0.15) is 26.2 Å². The minimum Gasteiger partial charge on any atom is -0.481 e. The molecule has 0 amide bonds. The molecule has 0 saturated heterocycles. The lowest BCUT2D eigenvalue weighted by Crippen LogP contribution is -1.92. The molecule has 1 N–H and O–H groups in total. The van der Waals surface area contributed by atoms with Gasteiger partial charge in [0.25, 0.3) is 0 Å². The van der Waals surface area contributed by atoms with Gasteiger partial charge in [-0.3, -0.25) is 4.79 Å². The van der Waals surface area contributed by atoms with E-state index in [2.05, 4.69) is 22.0 Å². The molecule has 0 aliphatic rings. The van der Waals surface area contributed by atoms with E-state index in [-0.39, 0.29) is 23.4 Å². The summed E-state index contributed by atoms with van der Waals surface area (Å²) in [5.74, 6) is -0.713. The first-order chi connectivity index (χ1) is 5.16. The molecule has 0 aliphatic heterocycles. The molecule has 0 spiro atoms. The molecule has 0 atom stereocenters. The van der Waals surface area contributed by atoms with Gasteiger partial charge in [0.1, 0.15) is 0 Å². The topological polar surface area (TPSA) is 37.3 Å². The minimum atomic E-state index is -0.713. The molecule has 0 aromatic rings. The lowest BCUT2D eigenvalue weighted by Gasteiger charge is -1.93. The normalized spacial score (nSPS) is 10.7. The second-order valence-electron chi connectivity index (χ2n) is 2.47. The SMILES string of the molecule is Br.CC(=CCCCC(=O)O)CBr. The van der Waals surface area contributed by atoms with Crippen LogP contribution in [-0.2, 0) is 4.79 Å². The third-order valence-corrected chi connectivity index (χ3v) is 2.18. The summed E-state index contributed by atoms with van der Waals surface area (Å²) < 4.78 is 0. The fourth-order valence-electron chi connectivity index (χ4n) is 0.656. The molecule has 0 radical (unpaired) electrons. The van der Waals surface area contributed by atoms with E-state index in [1.165, 1.54) is 5.57 Å². The predicted molar refractivity (Wildman–Crippen MR) is 59.4 cm³/mol. The first-order valence-corrected chi connectivity index (χ1v) is 4.72. The molecule has 0 fully saturated rings. The van der Waals surface area contributed by atoms with Crippen LogP contribution in [0.3, 0.4) is 0 Å². The first kappa shape index (κ1) is 14.7.